The van der Waals surface area contributed by atoms with Crippen LogP contribution in [0, 0.1) is 5.92 Å². The van der Waals surface area contributed by atoms with Gasteiger partial charge in [0.05, 0.1) is 18.5 Å². The van der Waals surface area contributed by atoms with Crippen LogP contribution in [0.1, 0.15) is 18.5 Å². The molecule has 1 saturated heterocycles. The second kappa shape index (κ2) is 8.71. The molecule has 3 heterocycles. The fraction of sp³-hybridized carbons (Fsp3) is 0.409. The van der Waals surface area contributed by atoms with Gasteiger partial charge in [-0.2, -0.15) is 5.10 Å². The van der Waals surface area contributed by atoms with Crippen LogP contribution >= 0.6 is 0 Å². The largest absolute Gasteiger partial charge is 0.384 e. The van der Waals surface area contributed by atoms with Gasteiger partial charge in [0.15, 0.2) is 0 Å². The Morgan fingerprint density at radius 2 is 2.10 bits per heavy atom. The van der Waals surface area contributed by atoms with Crippen LogP contribution in [-0.4, -0.2) is 47.5 Å². The minimum atomic E-state index is 0.0397. The van der Waals surface area contributed by atoms with Crippen molar-refractivity contribution in [2.75, 3.05) is 32.1 Å². The van der Waals surface area contributed by atoms with E-state index < -0.39 is 0 Å². The van der Waals surface area contributed by atoms with Crippen LogP contribution in [0.3, 0.4) is 0 Å². The van der Waals surface area contributed by atoms with Gasteiger partial charge in [-0.05, 0) is 49.0 Å². The number of rotatable bonds is 6. The lowest BCUT2D eigenvalue weighted by molar-refractivity contribution is -0.120. The van der Waals surface area contributed by atoms with Crippen molar-refractivity contribution in [1.82, 2.24) is 20.1 Å². The number of aryl methyl sites for hydroxylation is 1. The summed E-state index contributed by atoms with van der Waals surface area (Å²) in [5, 5.41) is 12.7. The van der Waals surface area contributed by atoms with Crippen molar-refractivity contribution < 1.29 is 9.53 Å². The Hall–Kier alpha value is -2.77. The maximum absolute atomic E-state index is 12.7. The number of amides is 1. The topological polar surface area (TPSA) is 81.1 Å². The second-order valence-electron chi connectivity index (χ2n) is 7.55. The van der Waals surface area contributed by atoms with Crippen molar-refractivity contribution in [2.24, 2.45) is 13.0 Å². The molecule has 29 heavy (non-hydrogen) atoms. The first-order valence-electron chi connectivity index (χ1n) is 10.1. The summed E-state index contributed by atoms with van der Waals surface area (Å²) in [6.45, 7) is 2.35. The van der Waals surface area contributed by atoms with Crippen molar-refractivity contribution in [2.45, 2.75) is 19.3 Å². The highest BCUT2D eigenvalue weighted by Gasteiger charge is 2.21. The maximum Gasteiger partial charge on any atom is 0.228 e. The predicted molar refractivity (Wildman–Crippen MR) is 114 cm³/mol. The standard InChI is InChI=1S/C22H27N5O2/c1-27-14-18(13-24-27)16-3-4-19-17(11-16)12-21(25-20(19)7-10-29-2)26-22(28)15-5-8-23-9-6-15/h3-4,11-15,23H,5-10H2,1-2H3,(H,25,26,28). The molecular formula is C22H27N5O2. The number of piperidine rings is 1. The molecule has 0 atom stereocenters. The van der Waals surface area contributed by atoms with Crippen molar-refractivity contribution >= 4 is 22.5 Å². The van der Waals surface area contributed by atoms with Crippen molar-refractivity contribution in [3.63, 3.8) is 0 Å². The summed E-state index contributed by atoms with van der Waals surface area (Å²) in [6, 6.07) is 8.27. The Bertz CT molecular complexity index is 1010. The van der Waals surface area contributed by atoms with Gasteiger partial charge < -0.3 is 15.4 Å². The highest BCUT2D eigenvalue weighted by molar-refractivity contribution is 5.96. The molecule has 152 valence electrons. The first-order chi connectivity index (χ1) is 14.1. The summed E-state index contributed by atoms with van der Waals surface area (Å²) >= 11 is 0. The molecule has 7 heteroatoms. The van der Waals surface area contributed by atoms with E-state index in [0.29, 0.717) is 18.8 Å². The van der Waals surface area contributed by atoms with E-state index in [4.69, 9.17) is 9.72 Å². The van der Waals surface area contributed by atoms with E-state index in [-0.39, 0.29) is 11.8 Å². The van der Waals surface area contributed by atoms with E-state index in [2.05, 4.69) is 33.9 Å². The Morgan fingerprint density at radius 3 is 2.83 bits per heavy atom. The highest BCUT2D eigenvalue weighted by Crippen LogP contribution is 2.28. The average Bonchev–Trinajstić information content (AvgIpc) is 3.18. The van der Waals surface area contributed by atoms with E-state index in [0.717, 1.165) is 53.5 Å². The molecule has 2 N–H and O–H groups in total. The molecule has 2 aromatic heterocycles. The second-order valence-corrected chi connectivity index (χ2v) is 7.55. The number of fused-ring (bicyclic) bond motifs is 1. The molecule has 0 radical (unpaired) electrons. The number of aromatic nitrogens is 3. The molecule has 1 aliphatic heterocycles. The fourth-order valence-electron chi connectivity index (χ4n) is 3.85. The molecule has 0 saturated carbocycles. The summed E-state index contributed by atoms with van der Waals surface area (Å²) in [4.78, 5) is 17.4. The van der Waals surface area contributed by atoms with Crippen molar-refractivity contribution in [1.29, 1.82) is 0 Å². The average molecular weight is 393 g/mol. The first kappa shape index (κ1) is 19.5. The summed E-state index contributed by atoms with van der Waals surface area (Å²) < 4.78 is 7.05. The highest BCUT2D eigenvalue weighted by atomic mass is 16.5. The number of hydrogen-bond donors (Lipinski definition) is 2. The van der Waals surface area contributed by atoms with Gasteiger partial charge in [-0.3, -0.25) is 9.48 Å². The minimum absolute atomic E-state index is 0.0397. The Morgan fingerprint density at radius 1 is 1.28 bits per heavy atom. The van der Waals surface area contributed by atoms with E-state index in [1.54, 1.807) is 11.8 Å². The molecule has 0 unspecified atom stereocenters. The van der Waals surface area contributed by atoms with Gasteiger partial charge in [0.1, 0.15) is 5.82 Å². The van der Waals surface area contributed by atoms with Gasteiger partial charge in [0.2, 0.25) is 5.91 Å². The van der Waals surface area contributed by atoms with Crippen LogP contribution in [0.25, 0.3) is 21.9 Å². The number of anilines is 1. The molecule has 0 spiro atoms. The normalized spacial score (nSPS) is 15.0. The summed E-state index contributed by atoms with van der Waals surface area (Å²) in [5.41, 5.74) is 3.08. The summed E-state index contributed by atoms with van der Waals surface area (Å²) in [5.74, 6) is 0.702. The number of ether oxygens (including phenoxy) is 1. The number of hydrogen-bond acceptors (Lipinski definition) is 5. The lowest BCUT2D eigenvalue weighted by Crippen LogP contribution is -2.34. The van der Waals surface area contributed by atoms with Gasteiger partial charge in [-0.25, -0.2) is 4.98 Å². The molecule has 3 aromatic rings. The molecule has 1 amide bonds. The Balaban J connectivity index is 1.68. The van der Waals surface area contributed by atoms with Crippen molar-refractivity contribution in [3.8, 4) is 11.1 Å². The third-order valence-corrected chi connectivity index (χ3v) is 5.45. The lowest BCUT2D eigenvalue weighted by atomic mass is 9.97. The fourth-order valence-corrected chi connectivity index (χ4v) is 3.85. The van der Waals surface area contributed by atoms with Gasteiger partial charge in [-0.15, -0.1) is 0 Å². The third-order valence-electron chi connectivity index (χ3n) is 5.45. The SMILES string of the molecule is COCCc1nc(NC(=O)C2CCNCC2)cc2cc(-c3cnn(C)c3)ccc12. The monoisotopic (exact) mass is 393 g/mol. The van der Waals surface area contributed by atoms with Gasteiger partial charge in [0.25, 0.3) is 0 Å². The van der Waals surface area contributed by atoms with E-state index in [1.165, 1.54) is 0 Å². The van der Waals surface area contributed by atoms with E-state index >= 15 is 0 Å². The van der Waals surface area contributed by atoms with Crippen LogP contribution in [0.5, 0.6) is 0 Å². The number of carbonyl (C=O) groups excluding carboxylic acids is 1. The number of carbonyl (C=O) groups is 1. The Labute approximate surface area is 170 Å². The molecule has 4 rings (SSSR count). The molecular weight excluding hydrogens is 366 g/mol. The number of pyridine rings is 1. The molecule has 0 aliphatic carbocycles. The molecule has 1 aromatic carbocycles. The third kappa shape index (κ3) is 4.46. The summed E-state index contributed by atoms with van der Waals surface area (Å²) in [6.07, 6.45) is 6.26. The smallest absolute Gasteiger partial charge is 0.228 e. The number of nitrogens with zero attached hydrogens (tertiary/aromatic N) is 3. The van der Waals surface area contributed by atoms with Gasteiger partial charge >= 0.3 is 0 Å². The molecule has 7 nitrogen and oxygen atoms in total. The molecule has 1 aliphatic rings. The maximum atomic E-state index is 12.7. The Kier molecular flexibility index (Phi) is 5.87. The number of methoxy groups -OCH3 is 1. The minimum Gasteiger partial charge on any atom is -0.384 e. The number of nitrogens with one attached hydrogen (secondary N) is 2. The number of benzene rings is 1. The van der Waals surface area contributed by atoms with Crippen LogP contribution < -0.4 is 10.6 Å². The van der Waals surface area contributed by atoms with Crippen molar-refractivity contribution in [3.05, 3.63) is 42.4 Å². The zero-order valence-corrected chi connectivity index (χ0v) is 16.9. The lowest BCUT2D eigenvalue weighted by Gasteiger charge is -2.21. The molecule has 1 fully saturated rings. The van der Waals surface area contributed by atoms with Gasteiger partial charge in [0, 0.05) is 43.6 Å². The van der Waals surface area contributed by atoms with Crippen LogP contribution in [0.15, 0.2) is 36.7 Å². The zero-order chi connectivity index (χ0) is 20.2. The zero-order valence-electron chi connectivity index (χ0n) is 16.9. The van der Waals surface area contributed by atoms with Gasteiger partial charge in [-0.1, -0.05) is 12.1 Å². The van der Waals surface area contributed by atoms with Crippen LogP contribution in [0.4, 0.5) is 5.82 Å². The quantitative estimate of drug-likeness (QED) is 0.673. The van der Waals surface area contributed by atoms with Crippen LogP contribution in [0.2, 0.25) is 0 Å². The molecule has 0 bridgehead atoms. The van der Waals surface area contributed by atoms with E-state index in [9.17, 15) is 4.79 Å². The first-order valence-corrected chi connectivity index (χ1v) is 10.1. The van der Waals surface area contributed by atoms with Crippen LogP contribution in [-0.2, 0) is 23.0 Å². The van der Waals surface area contributed by atoms with E-state index in [1.807, 2.05) is 25.5 Å². The summed E-state index contributed by atoms with van der Waals surface area (Å²) in [7, 11) is 3.59. The predicted octanol–water partition coefficient (Wildman–Crippen LogP) is 2.76.